The Morgan fingerprint density at radius 3 is 2.40 bits per heavy atom. The number of carbonyl (C=O) groups excluding carboxylic acids is 2. The maximum atomic E-state index is 11.3. The number of hydrogen-bond acceptors (Lipinski definition) is 6. The molecule has 0 aliphatic heterocycles. The summed E-state index contributed by atoms with van der Waals surface area (Å²) in [5.74, 6) is 0.435. The zero-order valence-electron chi connectivity index (χ0n) is 17.9. The van der Waals surface area contributed by atoms with Gasteiger partial charge in [0.1, 0.15) is 25.1 Å². The van der Waals surface area contributed by atoms with Crippen LogP contribution >= 0.6 is 0 Å². The van der Waals surface area contributed by atoms with Crippen LogP contribution in [0.5, 0.6) is 5.75 Å². The highest BCUT2D eigenvalue weighted by atomic mass is 16.6. The van der Waals surface area contributed by atoms with E-state index in [0.29, 0.717) is 24.7 Å². The van der Waals surface area contributed by atoms with E-state index in [1.807, 2.05) is 12.1 Å². The van der Waals surface area contributed by atoms with Gasteiger partial charge in [-0.2, -0.15) is 0 Å². The zero-order valence-corrected chi connectivity index (χ0v) is 17.9. The molecule has 0 spiro atoms. The van der Waals surface area contributed by atoms with Crippen LogP contribution in [-0.4, -0.2) is 44.0 Å². The van der Waals surface area contributed by atoms with Crippen LogP contribution in [0.4, 0.5) is 0 Å². The Kier molecular flexibility index (Phi) is 9.61. The molecule has 2 rings (SSSR count). The molecule has 6 nitrogen and oxygen atoms in total. The first kappa shape index (κ1) is 23.7. The fraction of sp³-hybridized carbons (Fsp3) is 0.500. The lowest BCUT2D eigenvalue weighted by molar-refractivity contribution is -0.143. The van der Waals surface area contributed by atoms with Gasteiger partial charge in [0.25, 0.3) is 0 Å². The molecule has 1 atom stereocenters. The maximum Gasteiger partial charge on any atom is 0.333 e. The molecule has 0 radical (unpaired) electrons. The minimum Gasteiger partial charge on any atom is -0.490 e. The lowest BCUT2D eigenvalue weighted by Crippen LogP contribution is -2.23. The van der Waals surface area contributed by atoms with Crippen LogP contribution in [0.25, 0.3) is 0 Å². The molecule has 30 heavy (non-hydrogen) atoms. The highest BCUT2D eigenvalue weighted by molar-refractivity contribution is 5.86. The lowest BCUT2D eigenvalue weighted by atomic mass is 9.83. The summed E-state index contributed by atoms with van der Waals surface area (Å²) < 4.78 is 21.7. The maximum absolute atomic E-state index is 11.3. The highest BCUT2D eigenvalue weighted by Crippen LogP contribution is 2.34. The van der Waals surface area contributed by atoms with E-state index in [4.69, 9.17) is 18.9 Å². The van der Waals surface area contributed by atoms with Gasteiger partial charge in [-0.1, -0.05) is 25.3 Å². The summed E-state index contributed by atoms with van der Waals surface area (Å²) in [4.78, 5) is 22.5. The van der Waals surface area contributed by atoms with Crippen molar-refractivity contribution in [2.75, 3.05) is 19.8 Å². The molecule has 1 aromatic carbocycles. The highest BCUT2D eigenvalue weighted by Gasteiger charge is 2.23. The molecule has 1 saturated carbocycles. The number of esters is 2. The smallest absolute Gasteiger partial charge is 0.333 e. The van der Waals surface area contributed by atoms with Crippen molar-refractivity contribution in [3.05, 3.63) is 54.6 Å². The number of ether oxygens (including phenoxy) is 4. The van der Waals surface area contributed by atoms with Crippen molar-refractivity contribution in [1.82, 2.24) is 0 Å². The number of benzene rings is 1. The van der Waals surface area contributed by atoms with Crippen molar-refractivity contribution < 1.29 is 28.5 Å². The van der Waals surface area contributed by atoms with Crippen molar-refractivity contribution >= 4 is 11.9 Å². The second-order valence-corrected chi connectivity index (χ2v) is 7.59. The predicted molar refractivity (Wildman–Crippen MR) is 114 cm³/mol. The summed E-state index contributed by atoms with van der Waals surface area (Å²) in [5.41, 5.74) is 1.69. The molecule has 0 aromatic heterocycles. The normalized spacial score (nSPS) is 19.4. The Labute approximate surface area is 178 Å². The van der Waals surface area contributed by atoms with Crippen LogP contribution < -0.4 is 4.74 Å². The molecule has 1 aromatic rings. The van der Waals surface area contributed by atoms with Gasteiger partial charge in [0, 0.05) is 11.6 Å². The van der Waals surface area contributed by atoms with E-state index >= 15 is 0 Å². The van der Waals surface area contributed by atoms with E-state index in [2.05, 4.69) is 25.3 Å². The summed E-state index contributed by atoms with van der Waals surface area (Å²) in [6.07, 6.45) is 5.12. The molecule has 0 N–H and O–H groups in total. The van der Waals surface area contributed by atoms with E-state index < -0.39 is 5.97 Å². The minimum atomic E-state index is -0.450. The van der Waals surface area contributed by atoms with Crippen molar-refractivity contribution in [2.24, 2.45) is 0 Å². The first-order chi connectivity index (χ1) is 14.4. The SMILES string of the molecule is C=CC(=O)OC(C)COc1ccc(C2CCC(OCCOC(=O)C(=C)C)CC2)cc1. The van der Waals surface area contributed by atoms with Gasteiger partial charge >= 0.3 is 11.9 Å². The molecular weight excluding hydrogens is 384 g/mol. The fourth-order valence-corrected chi connectivity index (χ4v) is 3.37. The van der Waals surface area contributed by atoms with E-state index in [9.17, 15) is 9.59 Å². The Morgan fingerprint density at radius 1 is 1.13 bits per heavy atom. The topological polar surface area (TPSA) is 71.1 Å². The second kappa shape index (κ2) is 12.2. The van der Waals surface area contributed by atoms with Gasteiger partial charge in [-0.25, -0.2) is 9.59 Å². The van der Waals surface area contributed by atoms with E-state index in [1.165, 1.54) is 5.56 Å². The summed E-state index contributed by atoms with van der Waals surface area (Å²) in [6, 6.07) is 8.10. The average molecular weight is 417 g/mol. The van der Waals surface area contributed by atoms with Crippen molar-refractivity contribution in [3.8, 4) is 5.75 Å². The third kappa shape index (κ3) is 8.03. The van der Waals surface area contributed by atoms with Gasteiger partial charge in [0.05, 0.1) is 12.7 Å². The fourth-order valence-electron chi connectivity index (χ4n) is 3.37. The standard InChI is InChI=1S/C24H32O6/c1-5-23(25)30-18(4)16-29-22-12-8-20(9-13-22)19-6-10-21(11-7-19)27-14-15-28-24(26)17(2)3/h5,8-9,12-13,18-19,21H,1-2,6-7,10-11,14-16H2,3-4H3. The van der Waals surface area contributed by atoms with Gasteiger partial charge in [-0.15, -0.1) is 0 Å². The summed E-state index contributed by atoms with van der Waals surface area (Å²) in [7, 11) is 0. The van der Waals surface area contributed by atoms with Crippen molar-refractivity contribution in [3.63, 3.8) is 0 Å². The van der Waals surface area contributed by atoms with E-state index in [0.717, 1.165) is 37.5 Å². The summed E-state index contributed by atoms with van der Waals surface area (Å²) in [5, 5.41) is 0. The van der Waals surface area contributed by atoms with E-state index in [1.54, 1.807) is 13.8 Å². The summed E-state index contributed by atoms with van der Waals surface area (Å²) in [6.45, 7) is 11.3. The Bertz CT molecular complexity index is 716. The van der Waals surface area contributed by atoms with Gasteiger partial charge in [0.15, 0.2) is 0 Å². The molecule has 6 heteroatoms. The van der Waals surface area contributed by atoms with Gasteiger partial charge in [0.2, 0.25) is 0 Å². The predicted octanol–water partition coefficient (Wildman–Crippen LogP) is 4.35. The molecule has 0 heterocycles. The van der Waals surface area contributed by atoms with Crippen molar-refractivity contribution in [2.45, 2.75) is 57.7 Å². The largest absolute Gasteiger partial charge is 0.490 e. The minimum absolute atomic E-state index is 0.215. The molecule has 1 unspecified atom stereocenters. The third-order valence-electron chi connectivity index (χ3n) is 5.01. The molecule has 164 valence electrons. The Morgan fingerprint density at radius 2 is 1.80 bits per heavy atom. The van der Waals surface area contributed by atoms with Crippen LogP contribution in [0.15, 0.2) is 49.1 Å². The number of hydrogen-bond donors (Lipinski definition) is 0. The second-order valence-electron chi connectivity index (χ2n) is 7.59. The third-order valence-corrected chi connectivity index (χ3v) is 5.01. The number of rotatable bonds is 11. The quantitative estimate of drug-likeness (QED) is 0.303. The van der Waals surface area contributed by atoms with E-state index in [-0.39, 0.29) is 24.8 Å². The first-order valence-corrected chi connectivity index (χ1v) is 10.4. The Hall–Kier alpha value is -2.60. The monoisotopic (exact) mass is 416 g/mol. The Balaban J connectivity index is 1.68. The molecule has 1 aliphatic carbocycles. The van der Waals surface area contributed by atoms with Crippen LogP contribution in [0.3, 0.4) is 0 Å². The average Bonchev–Trinajstić information content (AvgIpc) is 2.75. The molecule has 1 aliphatic rings. The van der Waals surface area contributed by atoms with Gasteiger partial charge < -0.3 is 18.9 Å². The van der Waals surface area contributed by atoms with Crippen LogP contribution in [0.2, 0.25) is 0 Å². The van der Waals surface area contributed by atoms with Gasteiger partial charge in [-0.3, -0.25) is 0 Å². The molecule has 1 fully saturated rings. The molecule has 0 amide bonds. The van der Waals surface area contributed by atoms with Gasteiger partial charge in [-0.05, 0) is 63.1 Å². The molecule has 0 saturated heterocycles. The lowest BCUT2D eigenvalue weighted by Gasteiger charge is -2.29. The summed E-state index contributed by atoms with van der Waals surface area (Å²) >= 11 is 0. The van der Waals surface area contributed by atoms with Crippen LogP contribution in [0, 0.1) is 0 Å². The van der Waals surface area contributed by atoms with Crippen LogP contribution in [-0.2, 0) is 23.8 Å². The van der Waals surface area contributed by atoms with Crippen molar-refractivity contribution in [1.29, 1.82) is 0 Å². The zero-order chi connectivity index (χ0) is 21.9. The van der Waals surface area contributed by atoms with Crippen LogP contribution in [0.1, 0.15) is 51.0 Å². The molecular formula is C24H32O6. The number of carbonyl (C=O) groups is 2. The molecule has 0 bridgehead atoms. The first-order valence-electron chi connectivity index (χ1n) is 10.4.